The lowest BCUT2D eigenvalue weighted by Gasteiger charge is -2.21. The van der Waals surface area contributed by atoms with Crippen molar-refractivity contribution in [2.75, 3.05) is 6.54 Å². The SMILES string of the molecule is CC(O)CNC(c1ccccc1)c1ccc(OC(F)F)cc1. The van der Waals surface area contributed by atoms with Gasteiger partial charge in [0.15, 0.2) is 0 Å². The molecule has 0 fully saturated rings. The Balaban J connectivity index is 2.21. The summed E-state index contributed by atoms with van der Waals surface area (Å²) in [6, 6.07) is 16.1. The summed E-state index contributed by atoms with van der Waals surface area (Å²) in [5.41, 5.74) is 1.94. The zero-order chi connectivity index (χ0) is 15.9. The highest BCUT2D eigenvalue weighted by Gasteiger charge is 2.14. The molecular formula is C17H19F2NO2. The van der Waals surface area contributed by atoms with Crippen molar-refractivity contribution in [3.05, 3.63) is 65.7 Å². The van der Waals surface area contributed by atoms with Gasteiger partial charge in [-0.05, 0) is 30.2 Å². The quantitative estimate of drug-likeness (QED) is 0.824. The second-order valence-electron chi connectivity index (χ2n) is 5.05. The first-order chi connectivity index (χ1) is 10.6. The van der Waals surface area contributed by atoms with Crippen LogP contribution in [-0.4, -0.2) is 24.4 Å². The summed E-state index contributed by atoms with van der Waals surface area (Å²) in [6.45, 7) is -0.701. The molecule has 0 heterocycles. The van der Waals surface area contributed by atoms with Crippen LogP contribution in [0.15, 0.2) is 54.6 Å². The van der Waals surface area contributed by atoms with E-state index in [1.54, 1.807) is 19.1 Å². The Morgan fingerprint density at radius 2 is 1.59 bits per heavy atom. The highest BCUT2D eigenvalue weighted by molar-refractivity contribution is 5.35. The number of halogens is 2. The Labute approximate surface area is 128 Å². The largest absolute Gasteiger partial charge is 0.435 e. The Kier molecular flexibility index (Phi) is 5.86. The van der Waals surface area contributed by atoms with Crippen LogP contribution in [0.1, 0.15) is 24.1 Å². The first-order valence-electron chi connectivity index (χ1n) is 7.07. The molecule has 0 aliphatic rings. The minimum absolute atomic E-state index is 0.126. The molecule has 0 saturated carbocycles. The van der Waals surface area contributed by atoms with Gasteiger partial charge in [-0.1, -0.05) is 42.5 Å². The molecule has 0 aliphatic carbocycles. The molecular weight excluding hydrogens is 288 g/mol. The number of aliphatic hydroxyl groups excluding tert-OH is 1. The second-order valence-corrected chi connectivity index (χ2v) is 5.05. The molecule has 22 heavy (non-hydrogen) atoms. The number of alkyl halides is 2. The Hall–Kier alpha value is -1.98. The fourth-order valence-electron chi connectivity index (χ4n) is 2.20. The standard InChI is InChI=1S/C17H19F2NO2/c1-12(21)11-20-16(13-5-3-2-4-6-13)14-7-9-15(10-8-14)22-17(18)19/h2-10,12,16-17,20-21H,11H2,1H3. The zero-order valence-corrected chi connectivity index (χ0v) is 12.2. The number of rotatable bonds is 7. The van der Waals surface area contributed by atoms with Crippen LogP contribution in [0.2, 0.25) is 0 Å². The molecule has 2 rings (SSSR count). The van der Waals surface area contributed by atoms with Crippen LogP contribution in [-0.2, 0) is 0 Å². The van der Waals surface area contributed by atoms with E-state index in [0.29, 0.717) is 6.54 Å². The lowest BCUT2D eigenvalue weighted by atomic mass is 9.98. The highest BCUT2D eigenvalue weighted by atomic mass is 19.3. The third kappa shape index (κ3) is 4.79. The fourth-order valence-corrected chi connectivity index (χ4v) is 2.20. The average Bonchev–Trinajstić information content (AvgIpc) is 2.49. The molecule has 2 N–H and O–H groups in total. The number of aliphatic hydroxyl groups is 1. The van der Waals surface area contributed by atoms with E-state index in [2.05, 4.69) is 10.1 Å². The molecule has 0 aromatic heterocycles. The maximum atomic E-state index is 12.2. The van der Waals surface area contributed by atoms with Gasteiger partial charge >= 0.3 is 6.61 Å². The predicted molar refractivity (Wildman–Crippen MR) is 81.0 cm³/mol. The topological polar surface area (TPSA) is 41.5 Å². The van der Waals surface area contributed by atoms with E-state index in [1.165, 1.54) is 12.1 Å². The summed E-state index contributed by atoms with van der Waals surface area (Å²) in [6.07, 6.45) is -0.479. The van der Waals surface area contributed by atoms with Crippen molar-refractivity contribution < 1.29 is 18.6 Å². The number of hydrogen-bond acceptors (Lipinski definition) is 3. The van der Waals surface area contributed by atoms with Crippen LogP contribution in [0.5, 0.6) is 5.75 Å². The highest BCUT2D eigenvalue weighted by Crippen LogP contribution is 2.24. The maximum absolute atomic E-state index is 12.2. The van der Waals surface area contributed by atoms with Crippen LogP contribution in [0.25, 0.3) is 0 Å². The van der Waals surface area contributed by atoms with Crippen molar-refractivity contribution in [3.63, 3.8) is 0 Å². The predicted octanol–water partition coefficient (Wildman–Crippen LogP) is 3.35. The van der Waals surface area contributed by atoms with Crippen molar-refractivity contribution >= 4 is 0 Å². The lowest BCUT2D eigenvalue weighted by Crippen LogP contribution is -2.29. The van der Waals surface area contributed by atoms with Gasteiger partial charge in [0, 0.05) is 6.54 Å². The average molecular weight is 307 g/mol. The van der Waals surface area contributed by atoms with Gasteiger partial charge in [0.05, 0.1) is 12.1 Å². The van der Waals surface area contributed by atoms with Crippen LogP contribution >= 0.6 is 0 Å². The van der Waals surface area contributed by atoms with Gasteiger partial charge in [-0.3, -0.25) is 0 Å². The molecule has 0 aliphatic heterocycles. The number of benzene rings is 2. The van der Waals surface area contributed by atoms with Crippen molar-refractivity contribution in [1.29, 1.82) is 0 Å². The van der Waals surface area contributed by atoms with Gasteiger partial charge < -0.3 is 15.2 Å². The van der Waals surface area contributed by atoms with Gasteiger partial charge in [0.1, 0.15) is 5.75 Å². The summed E-state index contributed by atoms with van der Waals surface area (Å²) in [4.78, 5) is 0. The molecule has 2 aromatic carbocycles. The van der Waals surface area contributed by atoms with Crippen LogP contribution in [0.3, 0.4) is 0 Å². The summed E-state index contributed by atoms with van der Waals surface area (Å²) in [7, 11) is 0. The van der Waals surface area contributed by atoms with Crippen molar-refractivity contribution in [2.45, 2.75) is 25.7 Å². The molecule has 118 valence electrons. The first kappa shape index (κ1) is 16.4. The normalized spacial score (nSPS) is 13.9. The van der Waals surface area contributed by atoms with Gasteiger partial charge in [0.25, 0.3) is 0 Å². The smallest absolute Gasteiger partial charge is 0.387 e. The van der Waals surface area contributed by atoms with Gasteiger partial charge in [-0.25, -0.2) is 0 Å². The van der Waals surface area contributed by atoms with Crippen LogP contribution in [0, 0.1) is 0 Å². The van der Waals surface area contributed by atoms with Crippen molar-refractivity contribution in [1.82, 2.24) is 5.32 Å². The molecule has 2 atom stereocenters. The third-order valence-electron chi connectivity index (χ3n) is 3.19. The zero-order valence-electron chi connectivity index (χ0n) is 12.2. The van der Waals surface area contributed by atoms with Gasteiger partial charge in [-0.15, -0.1) is 0 Å². The summed E-state index contributed by atoms with van der Waals surface area (Å²) in [5.74, 6) is 0.126. The molecule has 2 aromatic rings. The molecule has 0 bridgehead atoms. The Morgan fingerprint density at radius 3 is 2.14 bits per heavy atom. The fraction of sp³-hybridized carbons (Fsp3) is 0.294. The van der Waals surface area contributed by atoms with E-state index < -0.39 is 12.7 Å². The number of hydrogen-bond donors (Lipinski definition) is 2. The van der Waals surface area contributed by atoms with Crippen molar-refractivity contribution in [3.8, 4) is 5.75 Å². The van der Waals surface area contributed by atoms with Crippen LogP contribution < -0.4 is 10.1 Å². The first-order valence-corrected chi connectivity index (χ1v) is 7.07. The molecule has 0 radical (unpaired) electrons. The van der Waals surface area contributed by atoms with Gasteiger partial charge in [0.2, 0.25) is 0 Å². The molecule has 5 heteroatoms. The second kappa shape index (κ2) is 7.87. The van der Waals surface area contributed by atoms with E-state index in [4.69, 9.17) is 0 Å². The molecule has 0 saturated heterocycles. The number of nitrogens with one attached hydrogen (secondary N) is 1. The molecule has 0 spiro atoms. The minimum Gasteiger partial charge on any atom is -0.435 e. The maximum Gasteiger partial charge on any atom is 0.387 e. The van der Waals surface area contributed by atoms with Crippen LogP contribution in [0.4, 0.5) is 8.78 Å². The van der Waals surface area contributed by atoms with Crippen molar-refractivity contribution in [2.24, 2.45) is 0 Å². The van der Waals surface area contributed by atoms with E-state index in [9.17, 15) is 13.9 Å². The van der Waals surface area contributed by atoms with E-state index in [1.807, 2.05) is 30.3 Å². The third-order valence-corrected chi connectivity index (χ3v) is 3.19. The molecule has 2 unspecified atom stereocenters. The lowest BCUT2D eigenvalue weighted by molar-refractivity contribution is -0.0498. The van der Waals surface area contributed by atoms with E-state index in [0.717, 1.165) is 11.1 Å². The minimum atomic E-state index is -2.83. The summed E-state index contributed by atoms with van der Waals surface area (Å²) >= 11 is 0. The Morgan fingerprint density at radius 1 is 1.00 bits per heavy atom. The number of ether oxygens (including phenoxy) is 1. The summed E-state index contributed by atoms with van der Waals surface area (Å²) < 4.78 is 28.7. The molecule has 0 amide bonds. The summed E-state index contributed by atoms with van der Waals surface area (Å²) in [5, 5.41) is 12.7. The van der Waals surface area contributed by atoms with E-state index in [-0.39, 0.29) is 11.8 Å². The molecule has 3 nitrogen and oxygen atoms in total. The Bertz CT molecular complexity index is 559. The van der Waals surface area contributed by atoms with Gasteiger partial charge in [-0.2, -0.15) is 8.78 Å². The van der Waals surface area contributed by atoms with E-state index >= 15 is 0 Å². The monoisotopic (exact) mass is 307 g/mol.